The van der Waals surface area contributed by atoms with Crippen molar-refractivity contribution in [1.82, 2.24) is 0 Å². The average molecular weight is 582 g/mol. The van der Waals surface area contributed by atoms with Crippen molar-refractivity contribution >= 4 is 44.9 Å². The summed E-state index contributed by atoms with van der Waals surface area (Å²) in [4.78, 5) is 27.1. The second kappa shape index (κ2) is 9.66. The summed E-state index contributed by atoms with van der Waals surface area (Å²) >= 11 is -5.93. The summed E-state index contributed by atoms with van der Waals surface area (Å²) in [6.45, 7) is 3.64. The maximum atomic E-state index is 13.6. The first kappa shape index (κ1) is 24.1. The Kier molecular flexibility index (Phi) is 6.83. The van der Waals surface area contributed by atoms with Gasteiger partial charge in [-0.2, -0.15) is 0 Å². The van der Waals surface area contributed by atoms with E-state index in [1.54, 1.807) is 72.8 Å². The van der Waals surface area contributed by atoms with Gasteiger partial charge in [-0.3, -0.25) is 0 Å². The number of hydrogen-bond donors (Lipinski definition) is 0. The van der Waals surface area contributed by atoms with Crippen LogP contribution in [0.1, 0.15) is 31.8 Å². The van der Waals surface area contributed by atoms with Crippen molar-refractivity contribution in [1.29, 1.82) is 0 Å². The van der Waals surface area contributed by atoms with Gasteiger partial charge >= 0.3 is 206 Å². The fourth-order valence-corrected chi connectivity index (χ4v) is 14.4. The SMILES string of the molecule is Cc1ccccc1C(=O)[O][Sb]([Cl])([O]C(=O)c1ccccc1C)([c]1ccccc1)[c]1ccccc1. The maximum absolute atomic E-state index is 13.6. The predicted octanol–water partition coefficient (Wildman–Crippen LogP) is 5.26. The normalized spacial score (nSPS) is 12.3. The monoisotopic (exact) mass is 580 g/mol. The third kappa shape index (κ3) is 4.49. The molecule has 0 bridgehead atoms. The zero-order chi connectivity index (χ0) is 24.2. The fraction of sp³-hybridized carbons (Fsp3) is 0.0714. The van der Waals surface area contributed by atoms with Crippen LogP contribution in [0.2, 0.25) is 0 Å². The second-order valence-corrected chi connectivity index (χ2v) is 20.9. The van der Waals surface area contributed by atoms with Crippen molar-refractivity contribution in [2.24, 2.45) is 0 Å². The van der Waals surface area contributed by atoms with Gasteiger partial charge in [0.15, 0.2) is 0 Å². The molecule has 0 aliphatic heterocycles. The van der Waals surface area contributed by atoms with Crippen molar-refractivity contribution in [3.8, 4) is 0 Å². The first-order valence-electron chi connectivity index (χ1n) is 10.8. The summed E-state index contributed by atoms with van der Waals surface area (Å²) in [6, 6.07) is 32.0. The summed E-state index contributed by atoms with van der Waals surface area (Å²) < 4.78 is 13.5. The molecule has 0 atom stereocenters. The topological polar surface area (TPSA) is 52.6 Å². The molecule has 4 aromatic carbocycles. The van der Waals surface area contributed by atoms with Gasteiger partial charge in [0.2, 0.25) is 0 Å². The summed E-state index contributed by atoms with van der Waals surface area (Å²) in [7, 11) is 7.56. The van der Waals surface area contributed by atoms with Crippen LogP contribution in [0.3, 0.4) is 0 Å². The summed E-state index contributed by atoms with van der Waals surface area (Å²) in [5, 5.41) is 0. The Bertz CT molecular complexity index is 1240. The molecule has 0 radical (unpaired) electrons. The van der Waals surface area contributed by atoms with Crippen LogP contribution < -0.4 is 7.02 Å². The quantitative estimate of drug-likeness (QED) is 0.292. The van der Waals surface area contributed by atoms with Crippen LogP contribution in [0, 0.1) is 13.8 Å². The summed E-state index contributed by atoms with van der Waals surface area (Å²) in [5.41, 5.74) is 2.19. The second-order valence-electron chi connectivity index (χ2n) is 7.92. The molecule has 0 aliphatic rings. The Hall–Kier alpha value is -3.07. The van der Waals surface area contributed by atoms with Crippen molar-refractivity contribution in [3.63, 3.8) is 0 Å². The zero-order valence-corrected chi connectivity index (χ0v) is 22.2. The molecule has 0 spiro atoms. The van der Waals surface area contributed by atoms with Gasteiger partial charge in [0.25, 0.3) is 0 Å². The Morgan fingerprint density at radius 3 is 1.24 bits per heavy atom. The van der Waals surface area contributed by atoms with Gasteiger partial charge in [0.1, 0.15) is 0 Å². The van der Waals surface area contributed by atoms with Gasteiger partial charge in [-0.05, 0) is 0 Å². The van der Waals surface area contributed by atoms with Gasteiger partial charge in [-0.1, -0.05) is 0 Å². The number of carbonyl (C=O) groups is 2. The van der Waals surface area contributed by atoms with E-state index in [4.69, 9.17) is 14.9 Å². The van der Waals surface area contributed by atoms with Crippen LogP contribution in [0.25, 0.3) is 0 Å². The molecule has 0 amide bonds. The van der Waals surface area contributed by atoms with Crippen molar-refractivity contribution < 1.29 is 15.6 Å². The molecule has 34 heavy (non-hydrogen) atoms. The molecule has 4 nitrogen and oxygen atoms in total. The molecule has 0 saturated carbocycles. The van der Waals surface area contributed by atoms with E-state index in [2.05, 4.69) is 0 Å². The molecule has 6 heteroatoms. The Labute approximate surface area is 205 Å². The van der Waals surface area contributed by atoms with Crippen molar-refractivity contribution in [2.45, 2.75) is 13.8 Å². The van der Waals surface area contributed by atoms with E-state index < -0.39 is 29.0 Å². The van der Waals surface area contributed by atoms with Crippen molar-refractivity contribution in [2.75, 3.05) is 0 Å². The van der Waals surface area contributed by atoms with E-state index in [0.29, 0.717) is 18.1 Å². The molecule has 4 aromatic rings. The average Bonchev–Trinajstić information content (AvgIpc) is 2.85. The molecule has 0 aromatic heterocycles. The molecular weight excluding hydrogens is 558 g/mol. The summed E-state index contributed by atoms with van der Waals surface area (Å²) in [6.07, 6.45) is 0. The minimum atomic E-state index is -5.93. The van der Waals surface area contributed by atoms with Gasteiger partial charge in [-0.25, -0.2) is 0 Å². The molecule has 172 valence electrons. The first-order valence-corrected chi connectivity index (χ1v) is 18.6. The van der Waals surface area contributed by atoms with Gasteiger partial charge < -0.3 is 0 Å². The molecule has 0 aliphatic carbocycles. The fourth-order valence-electron chi connectivity index (χ4n) is 3.74. The van der Waals surface area contributed by atoms with E-state index >= 15 is 0 Å². The number of benzene rings is 4. The van der Waals surface area contributed by atoms with E-state index in [0.717, 1.165) is 11.1 Å². The number of aryl methyl sites for hydroxylation is 2. The minimum absolute atomic E-state index is 0.361. The van der Waals surface area contributed by atoms with Crippen molar-refractivity contribution in [3.05, 3.63) is 131 Å². The molecule has 0 N–H and O–H groups in total. The van der Waals surface area contributed by atoms with Gasteiger partial charge in [0.05, 0.1) is 0 Å². The Morgan fingerprint density at radius 2 is 0.882 bits per heavy atom. The summed E-state index contributed by atoms with van der Waals surface area (Å²) in [5.74, 6) is -1.28. The van der Waals surface area contributed by atoms with Crippen LogP contribution in [0.4, 0.5) is 0 Å². The van der Waals surface area contributed by atoms with E-state index in [9.17, 15) is 9.59 Å². The molecule has 0 heterocycles. The van der Waals surface area contributed by atoms with Gasteiger partial charge in [-0.15, -0.1) is 0 Å². The first-order chi connectivity index (χ1) is 16.3. The number of carbonyl (C=O) groups excluding carboxylic acids is 2. The molecule has 0 unspecified atom stereocenters. The number of hydrogen-bond acceptors (Lipinski definition) is 4. The Morgan fingerprint density at radius 1 is 0.559 bits per heavy atom. The van der Waals surface area contributed by atoms with Crippen LogP contribution in [-0.2, 0) is 6.03 Å². The zero-order valence-electron chi connectivity index (χ0n) is 18.9. The third-order valence-electron chi connectivity index (χ3n) is 5.61. The number of rotatable bonds is 6. The number of halogens is 1. The van der Waals surface area contributed by atoms with Crippen LogP contribution in [-0.4, -0.2) is 29.0 Å². The van der Waals surface area contributed by atoms with E-state index in [1.165, 1.54) is 0 Å². The predicted molar refractivity (Wildman–Crippen MR) is 137 cm³/mol. The standard InChI is InChI=1S/2C8H8O2.2C6H5.ClH.Sb/c2*1-6-4-2-3-5-7(6)8(9)10;2*1-2-4-6-5-3-1;;/h2*2-5H,1H3,(H,9,10);2*1-5H;1H;/q;;;;;+3/p-3. The van der Waals surface area contributed by atoms with Crippen LogP contribution >= 0.6 is 8.83 Å². The van der Waals surface area contributed by atoms with Crippen LogP contribution in [0.15, 0.2) is 109 Å². The van der Waals surface area contributed by atoms with E-state index in [1.807, 2.05) is 50.2 Å². The molecule has 4 rings (SSSR count). The Balaban J connectivity index is 1.95. The third-order valence-corrected chi connectivity index (χ3v) is 18.7. The molecule has 0 saturated heterocycles. The van der Waals surface area contributed by atoms with Crippen LogP contribution in [0.5, 0.6) is 0 Å². The molecular formula is C28H24ClO4Sb. The van der Waals surface area contributed by atoms with Gasteiger partial charge in [0, 0.05) is 0 Å². The van der Waals surface area contributed by atoms with E-state index in [-0.39, 0.29) is 0 Å². The molecule has 0 fully saturated rings.